The van der Waals surface area contributed by atoms with E-state index in [1.54, 1.807) is 6.07 Å². The van der Waals surface area contributed by atoms with Crippen molar-refractivity contribution in [2.75, 3.05) is 4.72 Å². The van der Waals surface area contributed by atoms with Crippen LogP contribution in [0.25, 0.3) is 0 Å². The Hall–Kier alpha value is -2.06. The predicted octanol–water partition coefficient (Wildman–Crippen LogP) is 1.56. The minimum atomic E-state index is -3.91. The van der Waals surface area contributed by atoms with Crippen molar-refractivity contribution in [1.82, 2.24) is 10.2 Å². The van der Waals surface area contributed by atoms with E-state index >= 15 is 0 Å². The lowest BCUT2D eigenvalue weighted by Crippen LogP contribution is -2.13. The molecule has 0 bridgehead atoms. The van der Waals surface area contributed by atoms with Gasteiger partial charge in [0.25, 0.3) is 10.0 Å². The van der Waals surface area contributed by atoms with E-state index in [2.05, 4.69) is 14.9 Å². The number of halogens is 1. The standard InChI is InChI=1S/C10H8ClN3O4S/c11-6-3-1-2-4-8(6)19(17,18)14-9-5-7(10(15)16)12-13-9/h1-5H,(H,15,16)(H2,12,13,14). The lowest BCUT2D eigenvalue weighted by atomic mass is 10.4. The third kappa shape index (κ3) is 2.85. The zero-order chi connectivity index (χ0) is 14.0. The van der Waals surface area contributed by atoms with Crippen LogP contribution in [0.1, 0.15) is 10.5 Å². The van der Waals surface area contributed by atoms with Gasteiger partial charge < -0.3 is 5.11 Å². The minimum absolute atomic E-state index is 0.0593. The summed E-state index contributed by atoms with van der Waals surface area (Å²) in [6.07, 6.45) is 0. The highest BCUT2D eigenvalue weighted by Gasteiger charge is 2.19. The molecule has 1 aromatic carbocycles. The van der Waals surface area contributed by atoms with E-state index < -0.39 is 16.0 Å². The normalized spacial score (nSPS) is 11.2. The number of benzene rings is 1. The Balaban J connectivity index is 2.31. The lowest BCUT2D eigenvalue weighted by molar-refractivity contribution is 0.0690. The Labute approximate surface area is 113 Å². The number of nitrogens with zero attached hydrogens (tertiary/aromatic N) is 1. The fraction of sp³-hybridized carbons (Fsp3) is 0. The third-order valence-corrected chi connectivity index (χ3v) is 4.03. The fourth-order valence-corrected chi connectivity index (χ4v) is 2.85. The summed E-state index contributed by atoms with van der Waals surface area (Å²) >= 11 is 5.79. The molecule has 0 saturated carbocycles. The van der Waals surface area contributed by atoms with E-state index in [1.165, 1.54) is 18.2 Å². The average molecular weight is 302 g/mol. The van der Waals surface area contributed by atoms with E-state index in [0.29, 0.717) is 0 Å². The van der Waals surface area contributed by atoms with Gasteiger partial charge in [-0.2, -0.15) is 5.10 Å². The smallest absolute Gasteiger partial charge is 0.353 e. The molecule has 0 radical (unpaired) electrons. The van der Waals surface area contributed by atoms with Crippen LogP contribution >= 0.6 is 11.6 Å². The van der Waals surface area contributed by atoms with Crippen molar-refractivity contribution in [2.45, 2.75) is 4.90 Å². The molecule has 1 aromatic heterocycles. The maximum atomic E-state index is 12.0. The summed E-state index contributed by atoms with van der Waals surface area (Å²) < 4.78 is 26.1. The van der Waals surface area contributed by atoms with Crippen LogP contribution < -0.4 is 4.72 Å². The molecular weight excluding hydrogens is 294 g/mol. The van der Waals surface area contributed by atoms with Gasteiger partial charge >= 0.3 is 5.97 Å². The number of nitrogens with one attached hydrogen (secondary N) is 2. The molecule has 0 aliphatic carbocycles. The number of hydrogen-bond donors (Lipinski definition) is 3. The van der Waals surface area contributed by atoms with Crippen molar-refractivity contribution in [2.24, 2.45) is 0 Å². The Kier molecular flexibility index (Phi) is 3.45. The fourth-order valence-electron chi connectivity index (χ4n) is 1.34. The average Bonchev–Trinajstić information content (AvgIpc) is 2.77. The molecule has 2 rings (SSSR count). The lowest BCUT2D eigenvalue weighted by Gasteiger charge is -2.06. The molecule has 0 atom stereocenters. The summed E-state index contributed by atoms with van der Waals surface area (Å²) in [4.78, 5) is 10.5. The van der Waals surface area contributed by atoms with Crippen LogP contribution in [-0.2, 0) is 10.0 Å². The van der Waals surface area contributed by atoms with Crippen LogP contribution in [0.2, 0.25) is 5.02 Å². The molecule has 2 aromatic rings. The van der Waals surface area contributed by atoms with Crippen molar-refractivity contribution >= 4 is 33.4 Å². The molecule has 0 fully saturated rings. The Bertz CT molecular complexity index is 726. The van der Waals surface area contributed by atoms with Crippen LogP contribution in [-0.4, -0.2) is 29.7 Å². The van der Waals surface area contributed by atoms with Crippen LogP contribution in [0.15, 0.2) is 35.2 Å². The monoisotopic (exact) mass is 301 g/mol. The number of sulfonamides is 1. The number of carboxylic acid groups (broad SMARTS) is 1. The summed E-state index contributed by atoms with van der Waals surface area (Å²) in [5.74, 6) is -1.37. The van der Waals surface area contributed by atoms with Gasteiger partial charge in [-0.3, -0.25) is 9.82 Å². The highest BCUT2D eigenvalue weighted by atomic mass is 35.5. The van der Waals surface area contributed by atoms with Gasteiger partial charge in [0.15, 0.2) is 5.82 Å². The molecule has 0 saturated heterocycles. The molecule has 19 heavy (non-hydrogen) atoms. The van der Waals surface area contributed by atoms with E-state index in [4.69, 9.17) is 16.7 Å². The quantitative estimate of drug-likeness (QED) is 0.793. The van der Waals surface area contributed by atoms with Gasteiger partial charge in [-0.25, -0.2) is 13.2 Å². The van der Waals surface area contributed by atoms with Gasteiger partial charge in [-0.15, -0.1) is 0 Å². The second-order valence-electron chi connectivity index (χ2n) is 3.51. The molecular formula is C10H8ClN3O4S. The topological polar surface area (TPSA) is 112 Å². The summed E-state index contributed by atoms with van der Waals surface area (Å²) in [5.41, 5.74) is -0.225. The summed E-state index contributed by atoms with van der Waals surface area (Å²) in [6, 6.07) is 6.95. The van der Waals surface area contributed by atoms with Crippen LogP contribution in [0.3, 0.4) is 0 Å². The number of carboxylic acids is 1. The number of hydrogen-bond acceptors (Lipinski definition) is 4. The van der Waals surface area contributed by atoms with Gasteiger partial charge in [-0.1, -0.05) is 23.7 Å². The zero-order valence-electron chi connectivity index (χ0n) is 9.29. The third-order valence-electron chi connectivity index (χ3n) is 2.17. The predicted molar refractivity (Wildman–Crippen MR) is 67.8 cm³/mol. The molecule has 100 valence electrons. The van der Waals surface area contributed by atoms with Crippen molar-refractivity contribution in [3.05, 3.63) is 41.0 Å². The Morgan fingerprint density at radius 2 is 2.05 bits per heavy atom. The summed E-state index contributed by atoms with van der Waals surface area (Å²) in [7, 11) is -3.91. The number of aromatic amines is 1. The van der Waals surface area contributed by atoms with Gasteiger partial charge in [0.2, 0.25) is 0 Å². The summed E-state index contributed by atoms with van der Waals surface area (Å²) in [6.45, 7) is 0. The molecule has 0 spiro atoms. The first-order chi connectivity index (χ1) is 8.90. The highest BCUT2D eigenvalue weighted by Crippen LogP contribution is 2.22. The Morgan fingerprint density at radius 1 is 1.37 bits per heavy atom. The first kappa shape index (κ1) is 13.4. The number of anilines is 1. The highest BCUT2D eigenvalue weighted by molar-refractivity contribution is 7.92. The Morgan fingerprint density at radius 3 is 2.63 bits per heavy atom. The molecule has 9 heteroatoms. The van der Waals surface area contributed by atoms with Gasteiger partial charge in [0.05, 0.1) is 5.02 Å². The van der Waals surface area contributed by atoms with Crippen LogP contribution in [0.5, 0.6) is 0 Å². The maximum absolute atomic E-state index is 12.0. The molecule has 0 aliphatic rings. The van der Waals surface area contributed by atoms with Gasteiger partial charge in [0, 0.05) is 6.07 Å². The largest absolute Gasteiger partial charge is 0.477 e. The number of aromatic carboxylic acids is 1. The van der Waals surface area contributed by atoms with Crippen molar-refractivity contribution in [1.29, 1.82) is 0 Å². The molecule has 3 N–H and O–H groups in total. The minimum Gasteiger partial charge on any atom is -0.477 e. The van der Waals surface area contributed by atoms with E-state index in [0.717, 1.165) is 6.07 Å². The van der Waals surface area contributed by atoms with Gasteiger partial charge in [-0.05, 0) is 12.1 Å². The second-order valence-corrected chi connectivity index (χ2v) is 5.57. The van der Waals surface area contributed by atoms with Gasteiger partial charge in [0.1, 0.15) is 10.6 Å². The second kappa shape index (κ2) is 4.90. The number of H-pyrrole nitrogens is 1. The molecule has 7 nitrogen and oxygen atoms in total. The maximum Gasteiger partial charge on any atom is 0.353 e. The number of rotatable bonds is 4. The van der Waals surface area contributed by atoms with Crippen molar-refractivity contribution in [3.63, 3.8) is 0 Å². The molecule has 0 amide bonds. The molecule has 0 aliphatic heterocycles. The first-order valence-corrected chi connectivity index (χ1v) is 6.82. The van der Waals surface area contributed by atoms with Crippen molar-refractivity contribution < 1.29 is 18.3 Å². The summed E-state index contributed by atoms with van der Waals surface area (Å²) in [5, 5.41) is 14.5. The van der Waals surface area contributed by atoms with Crippen LogP contribution in [0.4, 0.5) is 5.82 Å². The van der Waals surface area contributed by atoms with E-state index in [-0.39, 0.29) is 21.4 Å². The van der Waals surface area contributed by atoms with E-state index in [9.17, 15) is 13.2 Å². The number of aromatic nitrogens is 2. The molecule has 1 heterocycles. The van der Waals surface area contributed by atoms with Crippen LogP contribution in [0, 0.1) is 0 Å². The first-order valence-electron chi connectivity index (χ1n) is 4.96. The number of carbonyl (C=O) groups is 1. The van der Waals surface area contributed by atoms with E-state index in [1.807, 2.05) is 0 Å². The zero-order valence-corrected chi connectivity index (χ0v) is 10.9. The van der Waals surface area contributed by atoms with Crippen molar-refractivity contribution in [3.8, 4) is 0 Å². The SMILES string of the molecule is O=C(O)c1cc(NS(=O)(=O)c2ccccc2Cl)n[nH]1. The molecule has 0 unspecified atom stereocenters.